The number of hydrogen-bond acceptors (Lipinski definition) is 4. The molecule has 0 spiro atoms. The topological polar surface area (TPSA) is 76.7 Å². The summed E-state index contributed by atoms with van der Waals surface area (Å²) in [6.45, 7) is 2.29. The molecule has 3 amide bonds. The summed E-state index contributed by atoms with van der Waals surface area (Å²) in [4.78, 5) is 22.5. The fourth-order valence-corrected chi connectivity index (χ4v) is 2.03. The number of urea groups is 1. The zero-order valence-corrected chi connectivity index (χ0v) is 11.7. The predicted molar refractivity (Wildman–Crippen MR) is 73.8 cm³/mol. The van der Waals surface area contributed by atoms with Gasteiger partial charge in [-0.15, -0.1) is 0 Å². The highest BCUT2D eigenvalue weighted by atomic mass is 35.5. The Morgan fingerprint density at radius 3 is 2.60 bits per heavy atom. The summed E-state index contributed by atoms with van der Waals surface area (Å²) in [5.74, 6) is 0.411. The van der Waals surface area contributed by atoms with E-state index in [9.17, 15) is 9.59 Å². The normalized spacial score (nSPS) is 16.1. The maximum Gasteiger partial charge on any atom is 0.326 e. The minimum atomic E-state index is -0.551. The van der Waals surface area contributed by atoms with E-state index in [1.165, 1.54) is 13.2 Å². The highest BCUT2D eigenvalue weighted by Gasteiger charge is 2.23. The fourth-order valence-electron chi connectivity index (χ4n) is 1.76. The van der Waals surface area contributed by atoms with Crippen molar-refractivity contribution in [2.45, 2.75) is 6.92 Å². The van der Waals surface area contributed by atoms with Gasteiger partial charge in [0.05, 0.1) is 18.7 Å². The Morgan fingerprint density at radius 1 is 1.30 bits per heavy atom. The van der Waals surface area contributed by atoms with Gasteiger partial charge in [0.15, 0.2) is 11.5 Å². The number of halogens is 1. The number of hydrogen-bond donors (Lipinski definition) is 2. The van der Waals surface area contributed by atoms with Crippen molar-refractivity contribution in [1.29, 1.82) is 0 Å². The zero-order valence-electron chi connectivity index (χ0n) is 11.0. The predicted octanol–water partition coefficient (Wildman–Crippen LogP) is 1.93. The van der Waals surface area contributed by atoms with Gasteiger partial charge >= 0.3 is 6.03 Å². The van der Waals surface area contributed by atoms with E-state index in [4.69, 9.17) is 21.1 Å². The van der Waals surface area contributed by atoms with Gasteiger partial charge in [0.1, 0.15) is 5.70 Å². The average Bonchev–Trinajstić information content (AvgIpc) is 2.70. The van der Waals surface area contributed by atoms with Crippen molar-refractivity contribution in [3.63, 3.8) is 0 Å². The van der Waals surface area contributed by atoms with Crippen LogP contribution >= 0.6 is 11.6 Å². The molecule has 1 aliphatic heterocycles. The van der Waals surface area contributed by atoms with E-state index < -0.39 is 11.9 Å². The van der Waals surface area contributed by atoms with Gasteiger partial charge in [0, 0.05) is 0 Å². The summed E-state index contributed by atoms with van der Waals surface area (Å²) in [6, 6.07) is 2.74. The molecule has 7 heteroatoms. The van der Waals surface area contributed by atoms with E-state index in [1.807, 2.05) is 6.92 Å². The van der Waals surface area contributed by atoms with Crippen molar-refractivity contribution < 1.29 is 19.1 Å². The first kappa shape index (κ1) is 14.2. The minimum absolute atomic E-state index is 0.150. The number of amides is 3. The minimum Gasteiger partial charge on any atom is -0.493 e. The summed E-state index contributed by atoms with van der Waals surface area (Å²) in [6.07, 6.45) is 1.50. The first-order valence-electron chi connectivity index (χ1n) is 5.89. The average molecular weight is 297 g/mol. The van der Waals surface area contributed by atoms with Crippen molar-refractivity contribution in [2.24, 2.45) is 0 Å². The monoisotopic (exact) mass is 296 g/mol. The van der Waals surface area contributed by atoms with Crippen LogP contribution in [0, 0.1) is 0 Å². The first-order valence-corrected chi connectivity index (χ1v) is 6.27. The molecule has 1 heterocycles. The van der Waals surface area contributed by atoms with Gasteiger partial charge in [-0.1, -0.05) is 11.6 Å². The fraction of sp³-hybridized carbons (Fsp3) is 0.231. The van der Waals surface area contributed by atoms with Gasteiger partial charge in [0.25, 0.3) is 5.91 Å². The zero-order chi connectivity index (χ0) is 14.7. The second-order valence-corrected chi connectivity index (χ2v) is 4.34. The molecular formula is C13H13ClN2O4. The van der Waals surface area contributed by atoms with E-state index in [1.54, 1.807) is 12.1 Å². The Labute approximate surface area is 120 Å². The molecule has 1 saturated heterocycles. The lowest BCUT2D eigenvalue weighted by Gasteiger charge is -2.12. The molecule has 0 bridgehead atoms. The van der Waals surface area contributed by atoms with Crippen LogP contribution in [-0.4, -0.2) is 25.7 Å². The Balaban J connectivity index is 2.39. The number of carbonyl (C=O) groups excluding carboxylic acids is 2. The molecule has 0 aliphatic carbocycles. The number of rotatable bonds is 4. The van der Waals surface area contributed by atoms with Crippen molar-refractivity contribution >= 4 is 29.6 Å². The largest absolute Gasteiger partial charge is 0.493 e. The van der Waals surface area contributed by atoms with Crippen LogP contribution in [0.4, 0.5) is 4.79 Å². The van der Waals surface area contributed by atoms with Crippen molar-refractivity contribution in [2.75, 3.05) is 13.7 Å². The second-order valence-electron chi connectivity index (χ2n) is 3.93. The third kappa shape index (κ3) is 2.85. The molecule has 1 aromatic carbocycles. The van der Waals surface area contributed by atoms with Crippen molar-refractivity contribution in [1.82, 2.24) is 10.6 Å². The van der Waals surface area contributed by atoms with Crippen LogP contribution in [0.1, 0.15) is 12.5 Å². The lowest BCUT2D eigenvalue weighted by atomic mass is 10.1. The standard InChI is InChI=1S/C13H13ClN2O4/c1-3-20-11-8(14)4-7(6-10(11)19-2)5-9-12(17)16-13(18)15-9/h4-6H,3H2,1-2H3,(H2,15,16,17,18)/b9-5+. The van der Waals surface area contributed by atoms with E-state index in [-0.39, 0.29) is 5.70 Å². The number of nitrogens with one attached hydrogen (secondary N) is 2. The summed E-state index contributed by atoms with van der Waals surface area (Å²) < 4.78 is 10.6. The second kappa shape index (κ2) is 5.83. The van der Waals surface area contributed by atoms with Crippen LogP contribution in [-0.2, 0) is 4.79 Å². The van der Waals surface area contributed by atoms with Crippen LogP contribution in [0.2, 0.25) is 5.02 Å². The number of imide groups is 1. The highest BCUT2D eigenvalue weighted by Crippen LogP contribution is 2.36. The molecule has 6 nitrogen and oxygen atoms in total. The highest BCUT2D eigenvalue weighted by molar-refractivity contribution is 6.32. The number of carbonyl (C=O) groups is 2. The lowest BCUT2D eigenvalue weighted by Crippen LogP contribution is -2.22. The Morgan fingerprint density at radius 2 is 2.05 bits per heavy atom. The summed E-state index contributed by atoms with van der Waals surface area (Å²) in [7, 11) is 1.50. The summed E-state index contributed by atoms with van der Waals surface area (Å²) in [5.41, 5.74) is 0.764. The third-order valence-electron chi connectivity index (χ3n) is 2.57. The lowest BCUT2D eigenvalue weighted by molar-refractivity contribution is -0.115. The molecule has 2 N–H and O–H groups in total. The quantitative estimate of drug-likeness (QED) is 0.657. The maximum absolute atomic E-state index is 11.4. The Hall–Kier alpha value is -2.21. The van der Waals surface area contributed by atoms with E-state index in [0.29, 0.717) is 28.7 Å². The maximum atomic E-state index is 11.4. The van der Waals surface area contributed by atoms with Crippen LogP contribution < -0.4 is 20.1 Å². The van der Waals surface area contributed by atoms with E-state index in [2.05, 4.69) is 10.6 Å². The summed E-state index contributed by atoms with van der Waals surface area (Å²) >= 11 is 6.12. The SMILES string of the molecule is CCOc1c(Cl)cc(/C=C2/NC(=O)NC2=O)cc1OC. The molecule has 1 fully saturated rings. The molecule has 1 aromatic rings. The molecule has 1 aliphatic rings. The van der Waals surface area contributed by atoms with Crippen LogP contribution in [0.3, 0.4) is 0 Å². The van der Waals surface area contributed by atoms with Crippen LogP contribution in [0.25, 0.3) is 6.08 Å². The van der Waals surface area contributed by atoms with Crippen molar-refractivity contribution in [3.8, 4) is 11.5 Å². The Kier molecular flexibility index (Phi) is 4.14. The molecule has 106 valence electrons. The molecule has 2 rings (SSSR count). The molecule has 20 heavy (non-hydrogen) atoms. The van der Waals surface area contributed by atoms with Gasteiger partial charge in [-0.25, -0.2) is 4.79 Å². The smallest absolute Gasteiger partial charge is 0.326 e. The van der Waals surface area contributed by atoms with Gasteiger partial charge in [-0.3, -0.25) is 10.1 Å². The number of methoxy groups -OCH3 is 1. The van der Waals surface area contributed by atoms with Crippen LogP contribution in [0.15, 0.2) is 17.8 Å². The number of ether oxygens (including phenoxy) is 2. The first-order chi connectivity index (χ1) is 9.55. The van der Waals surface area contributed by atoms with Gasteiger partial charge in [-0.2, -0.15) is 0 Å². The molecule has 0 unspecified atom stereocenters. The number of benzene rings is 1. The molecule has 0 radical (unpaired) electrons. The molecular weight excluding hydrogens is 284 g/mol. The van der Waals surface area contributed by atoms with E-state index in [0.717, 1.165) is 0 Å². The summed E-state index contributed by atoms with van der Waals surface area (Å²) in [5, 5.41) is 4.87. The molecule has 0 atom stereocenters. The van der Waals surface area contributed by atoms with Crippen molar-refractivity contribution in [3.05, 3.63) is 28.4 Å². The third-order valence-corrected chi connectivity index (χ3v) is 2.85. The van der Waals surface area contributed by atoms with Gasteiger partial charge in [0.2, 0.25) is 0 Å². The van der Waals surface area contributed by atoms with Gasteiger partial charge in [-0.05, 0) is 30.7 Å². The Bertz CT molecular complexity index is 598. The van der Waals surface area contributed by atoms with Gasteiger partial charge < -0.3 is 14.8 Å². The molecule has 0 aromatic heterocycles. The van der Waals surface area contributed by atoms with Crippen LogP contribution in [0.5, 0.6) is 11.5 Å². The van der Waals surface area contributed by atoms with E-state index >= 15 is 0 Å². The molecule has 0 saturated carbocycles.